The van der Waals surface area contributed by atoms with Crippen molar-refractivity contribution >= 4 is 5.97 Å². The summed E-state index contributed by atoms with van der Waals surface area (Å²) in [5, 5.41) is 0. The van der Waals surface area contributed by atoms with Crippen LogP contribution in [0.4, 0.5) is 0 Å². The van der Waals surface area contributed by atoms with Gasteiger partial charge in [0.05, 0.1) is 7.11 Å². The van der Waals surface area contributed by atoms with Crippen LogP contribution < -0.4 is 0 Å². The number of ether oxygens (including phenoxy) is 1. The van der Waals surface area contributed by atoms with Gasteiger partial charge in [0, 0.05) is 6.08 Å². The third-order valence-corrected chi connectivity index (χ3v) is 0.870. The molecule has 0 amide bonds. The SMILES string of the molecule is C=C=CC=CC=CC(=O)OC. The Morgan fingerprint density at radius 3 is 2.73 bits per heavy atom. The van der Waals surface area contributed by atoms with E-state index in [2.05, 4.69) is 17.0 Å². The number of esters is 1. The maximum atomic E-state index is 10.5. The van der Waals surface area contributed by atoms with E-state index >= 15 is 0 Å². The van der Waals surface area contributed by atoms with Crippen molar-refractivity contribution in [2.24, 2.45) is 0 Å². The Morgan fingerprint density at radius 2 is 2.18 bits per heavy atom. The third-order valence-electron chi connectivity index (χ3n) is 0.870. The monoisotopic (exact) mass is 150 g/mol. The Morgan fingerprint density at radius 1 is 1.45 bits per heavy atom. The summed E-state index contributed by atoms with van der Waals surface area (Å²) in [6, 6.07) is 0. The van der Waals surface area contributed by atoms with Gasteiger partial charge in [0.25, 0.3) is 0 Å². The van der Waals surface area contributed by atoms with Gasteiger partial charge >= 0.3 is 5.97 Å². The summed E-state index contributed by atoms with van der Waals surface area (Å²) >= 11 is 0. The van der Waals surface area contributed by atoms with E-state index in [-0.39, 0.29) is 5.97 Å². The van der Waals surface area contributed by atoms with E-state index in [0.717, 1.165) is 0 Å². The molecule has 0 bridgehead atoms. The smallest absolute Gasteiger partial charge is 0.330 e. The highest BCUT2D eigenvalue weighted by atomic mass is 16.5. The van der Waals surface area contributed by atoms with Crippen LogP contribution in [0, 0.1) is 0 Å². The lowest BCUT2D eigenvalue weighted by Gasteiger charge is -1.85. The molecule has 11 heavy (non-hydrogen) atoms. The number of carbonyl (C=O) groups is 1. The van der Waals surface area contributed by atoms with E-state index in [1.165, 1.54) is 13.2 Å². The summed E-state index contributed by atoms with van der Waals surface area (Å²) in [5.41, 5.74) is 2.56. The second-order valence-electron chi connectivity index (χ2n) is 1.64. The Labute approximate surface area is 66.2 Å². The number of rotatable bonds is 3. The normalized spacial score (nSPS) is 9.91. The molecule has 0 spiro atoms. The van der Waals surface area contributed by atoms with Gasteiger partial charge in [0.2, 0.25) is 0 Å². The molecule has 0 N–H and O–H groups in total. The van der Waals surface area contributed by atoms with Crippen molar-refractivity contribution < 1.29 is 9.53 Å². The lowest BCUT2D eigenvalue weighted by atomic mass is 10.4. The molecule has 2 nitrogen and oxygen atoms in total. The maximum absolute atomic E-state index is 10.5. The molecule has 0 saturated carbocycles. The molecule has 0 fully saturated rings. The van der Waals surface area contributed by atoms with Crippen LogP contribution >= 0.6 is 0 Å². The quantitative estimate of drug-likeness (QED) is 0.264. The fraction of sp³-hybridized carbons (Fsp3) is 0.111. The van der Waals surface area contributed by atoms with E-state index in [0.29, 0.717) is 0 Å². The average molecular weight is 150 g/mol. The van der Waals surface area contributed by atoms with Crippen LogP contribution in [-0.4, -0.2) is 13.1 Å². The topological polar surface area (TPSA) is 26.3 Å². The highest BCUT2D eigenvalue weighted by Gasteiger charge is 1.85. The van der Waals surface area contributed by atoms with E-state index < -0.39 is 0 Å². The van der Waals surface area contributed by atoms with Crippen LogP contribution in [0.1, 0.15) is 0 Å². The second-order valence-corrected chi connectivity index (χ2v) is 1.64. The summed E-state index contributed by atoms with van der Waals surface area (Å²) in [5.74, 6) is -0.364. The van der Waals surface area contributed by atoms with E-state index in [4.69, 9.17) is 0 Å². The molecule has 0 unspecified atom stereocenters. The highest BCUT2D eigenvalue weighted by molar-refractivity contribution is 5.82. The first kappa shape index (κ1) is 9.47. The number of hydrogen-bond acceptors (Lipinski definition) is 2. The van der Waals surface area contributed by atoms with Gasteiger partial charge in [0.1, 0.15) is 0 Å². The van der Waals surface area contributed by atoms with Gasteiger partial charge in [-0.3, -0.25) is 0 Å². The van der Waals surface area contributed by atoms with Crippen LogP contribution in [0.3, 0.4) is 0 Å². The Balaban J connectivity index is 3.76. The van der Waals surface area contributed by atoms with Crippen molar-refractivity contribution in [3.05, 3.63) is 42.7 Å². The molecule has 58 valence electrons. The van der Waals surface area contributed by atoms with Gasteiger partial charge in [0.15, 0.2) is 0 Å². The highest BCUT2D eigenvalue weighted by Crippen LogP contribution is 1.80. The Kier molecular flexibility index (Phi) is 5.67. The molecule has 0 aromatic carbocycles. The molecule has 0 aliphatic heterocycles. The van der Waals surface area contributed by atoms with Gasteiger partial charge in [-0.2, -0.15) is 0 Å². The zero-order valence-electron chi connectivity index (χ0n) is 6.41. The Bertz CT molecular complexity index is 218. The molecule has 0 aliphatic rings. The fourth-order valence-corrected chi connectivity index (χ4v) is 0.390. The minimum absolute atomic E-state index is 0.364. The summed E-state index contributed by atoms with van der Waals surface area (Å²) < 4.78 is 4.36. The molecular weight excluding hydrogens is 140 g/mol. The predicted octanol–water partition coefficient (Wildman–Crippen LogP) is 1.61. The number of allylic oxidation sites excluding steroid dienone is 4. The van der Waals surface area contributed by atoms with Crippen LogP contribution in [-0.2, 0) is 9.53 Å². The second kappa shape index (κ2) is 6.59. The van der Waals surface area contributed by atoms with E-state index in [9.17, 15) is 4.79 Å². The predicted molar refractivity (Wildman–Crippen MR) is 44.0 cm³/mol. The number of hydrogen-bond donors (Lipinski definition) is 0. The van der Waals surface area contributed by atoms with Crippen LogP contribution in [0.15, 0.2) is 42.7 Å². The maximum Gasteiger partial charge on any atom is 0.330 e. The van der Waals surface area contributed by atoms with Gasteiger partial charge < -0.3 is 4.74 Å². The van der Waals surface area contributed by atoms with Crippen LogP contribution in [0.25, 0.3) is 0 Å². The summed E-state index contributed by atoms with van der Waals surface area (Å²) in [6.07, 6.45) is 7.95. The van der Waals surface area contributed by atoms with Gasteiger partial charge in [-0.05, 0) is 6.08 Å². The molecule has 2 heteroatoms. The van der Waals surface area contributed by atoms with Crippen molar-refractivity contribution in [2.45, 2.75) is 0 Å². The van der Waals surface area contributed by atoms with E-state index in [1.54, 1.807) is 24.3 Å². The summed E-state index contributed by atoms with van der Waals surface area (Å²) in [6.45, 7) is 3.36. The number of methoxy groups -OCH3 is 1. The molecule has 0 aromatic rings. The zero-order chi connectivity index (χ0) is 8.53. The fourth-order valence-electron chi connectivity index (χ4n) is 0.390. The Hall–Kier alpha value is -1.53. The van der Waals surface area contributed by atoms with Gasteiger partial charge in [-0.1, -0.05) is 24.8 Å². The lowest BCUT2D eigenvalue weighted by molar-refractivity contribution is -0.134. The summed E-state index contributed by atoms with van der Waals surface area (Å²) in [4.78, 5) is 10.5. The van der Waals surface area contributed by atoms with Crippen LogP contribution in [0.5, 0.6) is 0 Å². The molecular formula is C9H10O2. The van der Waals surface area contributed by atoms with Crippen molar-refractivity contribution in [2.75, 3.05) is 7.11 Å². The molecule has 0 rings (SSSR count). The first-order chi connectivity index (χ1) is 5.31. The molecule has 0 atom stereocenters. The lowest BCUT2D eigenvalue weighted by Crippen LogP contribution is -1.92. The minimum Gasteiger partial charge on any atom is -0.466 e. The first-order valence-corrected chi connectivity index (χ1v) is 3.08. The van der Waals surface area contributed by atoms with Gasteiger partial charge in [-0.15, -0.1) is 5.73 Å². The van der Waals surface area contributed by atoms with Crippen molar-refractivity contribution in [1.82, 2.24) is 0 Å². The molecule has 0 saturated heterocycles. The largest absolute Gasteiger partial charge is 0.466 e. The van der Waals surface area contributed by atoms with Crippen molar-refractivity contribution in [3.8, 4) is 0 Å². The number of carbonyl (C=O) groups excluding carboxylic acids is 1. The molecule has 0 aliphatic carbocycles. The van der Waals surface area contributed by atoms with Crippen molar-refractivity contribution in [1.29, 1.82) is 0 Å². The molecule has 0 radical (unpaired) electrons. The average Bonchev–Trinajstić information content (AvgIpc) is 2.04. The minimum atomic E-state index is -0.364. The standard InChI is InChI=1S/C9H10O2/c1-3-4-5-6-7-8-9(10)11-2/h4-8H,1H2,2H3. The summed E-state index contributed by atoms with van der Waals surface area (Å²) in [7, 11) is 1.33. The zero-order valence-corrected chi connectivity index (χ0v) is 6.41. The van der Waals surface area contributed by atoms with E-state index in [1.807, 2.05) is 0 Å². The van der Waals surface area contributed by atoms with Crippen molar-refractivity contribution in [3.63, 3.8) is 0 Å². The molecule has 0 aromatic heterocycles. The van der Waals surface area contributed by atoms with Crippen LogP contribution in [0.2, 0.25) is 0 Å². The third kappa shape index (κ3) is 6.35. The van der Waals surface area contributed by atoms with Gasteiger partial charge in [-0.25, -0.2) is 4.79 Å². The first-order valence-electron chi connectivity index (χ1n) is 3.08. The molecule has 0 heterocycles.